The molecule has 0 saturated heterocycles. The van der Waals surface area contributed by atoms with E-state index in [1.165, 1.54) is 18.6 Å². The van der Waals surface area contributed by atoms with E-state index in [-0.39, 0.29) is 24.0 Å². The highest BCUT2D eigenvalue weighted by molar-refractivity contribution is 7.89. The lowest BCUT2D eigenvalue weighted by atomic mass is 10.3. The summed E-state index contributed by atoms with van der Waals surface area (Å²) in [6.45, 7) is 3.62. The summed E-state index contributed by atoms with van der Waals surface area (Å²) in [4.78, 5) is -0.997. The van der Waals surface area contributed by atoms with E-state index in [4.69, 9.17) is 4.74 Å². The lowest BCUT2D eigenvalue weighted by Gasteiger charge is -2.15. The number of sulfonamides is 1. The lowest BCUT2D eigenvalue weighted by Crippen LogP contribution is -2.29. The van der Waals surface area contributed by atoms with Crippen molar-refractivity contribution >= 4 is 10.0 Å². The van der Waals surface area contributed by atoms with Crippen molar-refractivity contribution < 1.29 is 26.3 Å². The summed E-state index contributed by atoms with van der Waals surface area (Å²) in [5.74, 6) is -4.12. The normalized spacial score (nSPS) is 13.1. The highest BCUT2D eigenvalue weighted by Crippen LogP contribution is 2.22. The summed E-state index contributed by atoms with van der Waals surface area (Å²) in [5, 5.41) is 7.57. The number of ether oxygens (including phenoxy) is 1. The van der Waals surface area contributed by atoms with Gasteiger partial charge in [0.05, 0.1) is 13.2 Å². The van der Waals surface area contributed by atoms with Crippen molar-refractivity contribution in [1.82, 2.24) is 19.5 Å². The molecule has 132 valence electrons. The molecular formula is C13H15F3N4O3S. The number of halogens is 3. The Hall–Kier alpha value is -2.14. The zero-order valence-corrected chi connectivity index (χ0v) is 13.9. The van der Waals surface area contributed by atoms with E-state index in [0.717, 1.165) is 0 Å². The number of hydrogen-bond donors (Lipinski definition) is 1. The summed E-state index contributed by atoms with van der Waals surface area (Å²) < 4.78 is 73.0. The summed E-state index contributed by atoms with van der Waals surface area (Å²) >= 11 is 0. The molecule has 0 amide bonds. The smallest absolute Gasteiger partial charge is 0.316 e. The van der Waals surface area contributed by atoms with Crippen molar-refractivity contribution in [2.45, 2.75) is 31.3 Å². The minimum absolute atomic E-state index is 0.173. The maximum atomic E-state index is 13.7. The third kappa shape index (κ3) is 3.36. The van der Waals surface area contributed by atoms with Crippen LogP contribution in [0.3, 0.4) is 0 Å². The Kier molecular flexibility index (Phi) is 5.13. The molecule has 1 aromatic carbocycles. The first-order chi connectivity index (χ1) is 11.2. The van der Waals surface area contributed by atoms with Gasteiger partial charge in [0.15, 0.2) is 17.5 Å². The number of aromatic nitrogens is 3. The van der Waals surface area contributed by atoms with Crippen LogP contribution >= 0.6 is 0 Å². The minimum Gasteiger partial charge on any atom is -0.467 e. The van der Waals surface area contributed by atoms with Crippen molar-refractivity contribution in [2.24, 2.45) is 0 Å². The van der Waals surface area contributed by atoms with Gasteiger partial charge in [0.2, 0.25) is 10.0 Å². The third-order valence-corrected chi connectivity index (χ3v) is 4.78. The van der Waals surface area contributed by atoms with Gasteiger partial charge in [-0.3, -0.25) is 4.57 Å². The van der Waals surface area contributed by atoms with Crippen LogP contribution in [0, 0.1) is 17.5 Å². The molecule has 2 aromatic rings. The molecule has 0 fully saturated rings. The van der Waals surface area contributed by atoms with Gasteiger partial charge >= 0.3 is 6.01 Å². The Bertz CT molecular complexity index is 854. The van der Waals surface area contributed by atoms with Gasteiger partial charge in [-0.05, 0) is 19.9 Å². The van der Waals surface area contributed by atoms with Crippen LogP contribution in [-0.2, 0) is 16.6 Å². The Morgan fingerprint density at radius 3 is 2.42 bits per heavy atom. The van der Waals surface area contributed by atoms with E-state index in [1.807, 2.05) is 0 Å². The average Bonchev–Trinajstić information content (AvgIpc) is 2.93. The van der Waals surface area contributed by atoms with Crippen LogP contribution in [0.4, 0.5) is 13.2 Å². The molecule has 1 heterocycles. The van der Waals surface area contributed by atoms with E-state index < -0.39 is 38.4 Å². The van der Waals surface area contributed by atoms with Crippen LogP contribution in [0.15, 0.2) is 17.0 Å². The minimum atomic E-state index is -4.45. The number of hydrogen-bond acceptors (Lipinski definition) is 5. The van der Waals surface area contributed by atoms with Gasteiger partial charge in [-0.25, -0.2) is 26.3 Å². The summed E-state index contributed by atoms with van der Waals surface area (Å²) in [5.41, 5.74) is 0. The molecule has 1 atom stereocenters. The fraction of sp³-hybridized carbons (Fsp3) is 0.385. The molecule has 1 aromatic heterocycles. The lowest BCUT2D eigenvalue weighted by molar-refractivity contribution is 0.354. The molecule has 0 aliphatic heterocycles. The summed E-state index contributed by atoms with van der Waals surface area (Å²) in [6.07, 6.45) is 0. The molecular weight excluding hydrogens is 349 g/mol. The predicted octanol–water partition coefficient (Wildman–Crippen LogP) is 1.76. The van der Waals surface area contributed by atoms with Crippen molar-refractivity contribution in [1.29, 1.82) is 0 Å². The van der Waals surface area contributed by atoms with Gasteiger partial charge in [0, 0.05) is 12.6 Å². The first kappa shape index (κ1) is 18.2. The standard InChI is InChI=1S/C13H15F3N4O3S/c1-4-20-12(17-18-13(20)23-3)7(2)19-24(21,22)11-6-9(15)8(14)5-10(11)16/h5-7,19H,4H2,1-3H3/t7-/m1/s1. The molecule has 0 saturated carbocycles. The Morgan fingerprint density at radius 2 is 1.83 bits per heavy atom. The van der Waals surface area contributed by atoms with Crippen LogP contribution < -0.4 is 9.46 Å². The number of benzene rings is 1. The predicted molar refractivity (Wildman–Crippen MR) is 77.3 cm³/mol. The molecule has 0 radical (unpaired) electrons. The summed E-state index contributed by atoms with van der Waals surface area (Å²) in [7, 11) is -3.07. The molecule has 0 aliphatic rings. The fourth-order valence-corrected chi connectivity index (χ4v) is 3.40. The maximum Gasteiger partial charge on any atom is 0.316 e. The topological polar surface area (TPSA) is 86.1 Å². The van der Waals surface area contributed by atoms with Gasteiger partial charge in [0.25, 0.3) is 0 Å². The molecule has 7 nitrogen and oxygen atoms in total. The van der Waals surface area contributed by atoms with Crippen molar-refractivity contribution in [2.75, 3.05) is 7.11 Å². The summed E-state index contributed by atoms with van der Waals surface area (Å²) in [6, 6.07) is -0.284. The largest absolute Gasteiger partial charge is 0.467 e. The molecule has 2 rings (SSSR count). The molecule has 0 bridgehead atoms. The Morgan fingerprint density at radius 1 is 1.21 bits per heavy atom. The first-order valence-electron chi connectivity index (χ1n) is 6.85. The molecule has 11 heteroatoms. The molecule has 0 aliphatic carbocycles. The van der Waals surface area contributed by atoms with Crippen molar-refractivity contribution in [3.05, 3.63) is 35.4 Å². The van der Waals surface area contributed by atoms with Crippen LogP contribution in [0.5, 0.6) is 6.01 Å². The number of rotatable bonds is 6. The zero-order chi connectivity index (χ0) is 18.1. The van der Waals surface area contributed by atoms with Gasteiger partial charge in [-0.15, -0.1) is 5.10 Å². The highest BCUT2D eigenvalue weighted by Gasteiger charge is 2.27. The first-order valence-corrected chi connectivity index (χ1v) is 8.33. The monoisotopic (exact) mass is 364 g/mol. The van der Waals surface area contributed by atoms with Gasteiger partial charge in [-0.1, -0.05) is 5.10 Å². The van der Waals surface area contributed by atoms with Crippen molar-refractivity contribution in [3.8, 4) is 6.01 Å². The maximum absolute atomic E-state index is 13.7. The second-order valence-electron chi connectivity index (χ2n) is 4.83. The highest BCUT2D eigenvalue weighted by atomic mass is 32.2. The second-order valence-corrected chi connectivity index (χ2v) is 6.51. The Balaban J connectivity index is 2.36. The van der Waals surface area contributed by atoms with E-state index in [1.54, 1.807) is 6.92 Å². The van der Waals surface area contributed by atoms with Gasteiger partial charge < -0.3 is 4.74 Å². The van der Waals surface area contributed by atoms with E-state index >= 15 is 0 Å². The molecule has 1 N–H and O–H groups in total. The molecule has 0 unspecified atom stereocenters. The van der Waals surface area contributed by atoms with E-state index in [0.29, 0.717) is 6.54 Å². The van der Waals surface area contributed by atoms with Gasteiger partial charge in [0.1, 0.15) is 10.7 Å². The van der Waals surface area contributed by atoms with Crippen LogP contribution in [0.2, 0.25) is 0 Å². The second kappa shape index (κ2) is 6.77. The van der Waals surface area contributed by atoms with Crippen LogP contribution in [0.25, 0.3) is 0 Å². The fourth-order valence-electron chi connectivity index (χ4n) is 2.13. The van der Waals surface area contributed by atoms with Crippen molar-refractivity contribution in [3.63, 3.8) is 0 Å². The zero-order valence-electron chi connectivity index (χ0n) is 13.0. The van der Waals surface area contributed by atoms with Crippen LogP contribution in [-0.4, -0.2) is 30.3 Å². The Labute approximate surface area is 136 Å². The SMILES string of the molecule is CCn1c(OC)nnc1[C@@H](C)NS(=O)(=O)c1cc(F)c(F)cc1F. The molecule has 24 heavy (non-hydrogen) atoms. The quantitative estimate of drug-likeness (QED) is 0.790. The number of methoxy groups -OCH3 is 1. The third-order valence-electron chi connectivity index (χ3n) is 3.23. The number of nitrogens with one attached hydrogen (secondary N) is 1. The van der Waals surface area contributed by atoms with Crippen LogP contribution in [0.1, 0.15) is 25.7 Å². The van der Waals surface area contributed by atoms with E-state index in [9.17, 15) is 21.6 Å². The van der Waals surface area contributed by atoms with Gasteiger partial charge in [-0.2, -0.15) is 0 Å². The van der Waals surface area contributed by atoms with E-state index in [2.05, 4.69) is 14.9 Å². The average molecular weight is 364 g/mol. The molecule has 0 spiro atoms. The number of nitrogens with zero attached hydrogens (tertiary/aromatic N) is 3.